The van der Waals surface area contributed by atoms with Gasteiger partial charge in [0.15, 0.2) is 0 Å². The average Bonchev–Trinajstić information content (AvgIpc) is 2.73. The Morgan fingerprint density at radius 1 is 1.24 bits per heavy atom. The molecule has 1 N–H and O–H groups in total. The largest absolute Gasteiger partial charge is 0.444 e. The molecule has 90 valence electrons. The molecule has 5 heteroatoms. The van der Waals surface area contributed by atoms with Crippen molar-refractivity contribution < 1.29 is 4.42 Å². The van der Waals surface area contributed by atoms with Crippen molar-refractivity contribution in [3.8, 4) is 0 Å². The van der Waals surface area contributed by atoms with Crippen LogP contribution in [0.1, 0.15) is 30.0 Å². The molecule has 0 fully saturated rings. The lowest BCUT2D eigenvalue weighted by Crippen LogP contribution is -2.05. The maximum absolute atomic E-state index is 5.49. The van der Waals surface area contributed by atoms with Crippen LogP contribution in [0.5, 0.6) is 0 Å². The third-order valence-corrected chi connectivity index (χ3v) is 2.33. The van der Waals surface area contributed by atoms with Gasteiger partial charge in [-0.15, -0.1) is 0 Å². The fraction of sp³-hybridized carbons (Fsp3) is 0.417. The summed E-state index contributed by atoms with van der Waals surface area (Å²) >= 11 is 0. The molecular formula is C12H16N4O. The Hall–Kier alpha value is -1.91. The lowest BCUT2D eigenvalue weighted by molar-refractivity contribution is 0.465. The van der Waals surface area contributed by atoms with E-state index in [-0.39, 0.29) is 0 Å². The normalized spacial score (nSPS) is 10.5. The third-order valence-electron chi connectivity index (χ3n) is 2.33. The number of aromatic nitrogens is 3. The van der Waals surface area contributed by atoms with E-state index in [1.165, 1.54) is 0 Å². The molecule has 0 aliphatic heterocycles. The Balaban J connectivity index is 2.01. The van der Waals surface area contributed by atoms with E-state index in [4.69, 9.17) is 4.42 Å². The highest BCUT2D eigenvalue weighted by molar-refractivity contribution is 5.27. The highest BCUT2D eigenvalue weighted by Gasteiger charge is 2.04. The number of rotatable bonds is 4. The minimum atomic E-state index is 0.503. The number of hydrogen-bond donors (Lipinski definition) is 1. The van der Waals surface area contributed by atoms with Crippen LogP contribution in [0.3, 0.4) is 0 Å². The molecule has 0 aliphatic carbocycles. The van der Waals surface area contributed by atoms with Crippen LogP contribution in [0.25, 0.3) is 0 Å². The summed E-state index contributed by atoms with van der Waals surface area (Å²) in [6.07, 6.45) is 2.60. The van der Waals surface area contributed by atoms with Gasteiger partial charge in [-0.05, 0) is 19.9 Å². The molecule has 0 radical (unpaired) electrons. The molecule has 17 heavy (non-hydrogen) atoms. The second kappa shape index (κ2) is 4.95. The summed E-state index contributed by atoms with van der Waals surface area (Å²) in [5.41, 5.74) is 1.89. The highest BCUT2D eigenvalue weighted by Crippen LogP contribution is 2.08. The summed E-state index contributed by atoms with van der Waals surface area (Å²) in [4.78, 5) is 12.7. The van der Waals surface area contributed by atoms with E-state index in [9.17, 15) is 0 Å². The van der Waals surface area contributed by atoms with E-state index in [1.807, 2.05) is 26.8 Å². The minimum absolute atomic E-state index is 0.503. The summed E-state index contributed by atoms with van der Waals surface area (Å²) in [6, 6.07) is 1.94. The van der Waals surface area contributed by atoms with Crippen LogP contribution in [0.2, 0.25) is 0 Å². The second-order valence-corrected chi connectivity index (χ2v) is 3.90. The number of aryl methyl sites for hydroxylation is 3. The predicted molar refractivity (Wildman–Crippen MR) is 64.7 cm³/mol. The molecule has 0 unspecified atom stereocenters. The predicted octanol–water partition coefficient (Wildman–Crippen LogP) is 2.26. The molecule has 2 rings (SSSR count). The summed E-state index contributed by atoms with van der Waals surface area (Å²) < 4.78 is 5.49. The molecule has 2 aromatic rings. The standard InChI is InChI=1S/C12H16N4O/c1-4-10-6-13-11(17-10)7-14-12-15-8(2)5-9(3)16-12/h5-6H,4,7H2,1-3H3,(H,14,15,16). The zero-order valence-corrected chi connectivity index (χ0v) is 10.3. The average molecular weight is 232 g/mol. The van der Waals surface area contributed by atoms with E-state index in [0.717, 1.165) is 23.6 Å². The van der Waals surface area contributed by atoms with Crippen LogP contribution < -0.4 is 5.32 Å². The molecule has 2 heterocycles. The van der Waals surface area contributed by atoms with Gasteiger partial charge in [0.1, 0.15) is 5.76 Å². The van der Waals surface area contributed by atoms with Crippen molar-refractivity contribution in [2.45, 2.75) is 33.7 Å². The molecule has 0 aromatic carbocycles. The van der Waals surface area contributed by atoms with Crippen LogP contribution in [-0.2, 0) is 13.0 Å². The van der Waals surface area contributed by atoms with Gasteiger partial charge in [0.2, 0.25) is 11.8 Å². The number of nitrogens with one attached hydrogen (secondary N) is 1. The lowest BCUT2D eigenvalue weighted by atomic mass is 10.4. The van der Waals surface area contributed by atoms with E-state index in [1.54, 1.807) is 6.20 Å². The molecule has 0 saturated carbocycles. The van der Waals surface area contributed by atoms with Gasteiger partial charge in [0.25, 0.3) is 0 Å². The molecule has 0 atom stereocenters. The molecule has 0 amide bonds. The Labute approximate surface area is 100 Å². The maximum Gasteiger partial charge on any atom is 0.223 e. The van der Waals surface area contributed by atoms with Gasteiger partial charge < -0.3 is 9.73 Å². The fourth-order valence-corrected chi connectivity index (χ4v) is 1.55. The molecule has 5 nitrogen and oxygen atoms in total. The van der Waals surface area contributed by atoms with Crippen molar-refractivity contribution >= 4 is 5.95 Å². The SMILES string of the molecule is CCc1cnc(CNc2nc(C)cc(C)n2)o1. The van der Waals surface area contributed by atoms with Crippen molar-refractivity contribution in [3.05, 3.63) is 35.3 Å². The van der Waals surface area contributed by atoms with Gasteiger partial charge in [-0.2, -0.15) is 0 Å². The molecule has 2 aromatic heterocycles. The van der Waals surface area contributed by atoms with Crippen molar-refractivity contribution in [3.63, 3.8) is 0 Å². The van der Waals surface area contributed by atoms with Gasteiger partial charge in [-0.3, -0.25) is 0 Å². The Morgan fingerprint density at radius 3 is 2.53 bits per heavy atom. The Morgan fingerprint density at radius 2 is 1.94 bits per heavy atom. The quantitative estimate of drug-likeness (QED) is 0.876. The third kappa shape index (κ3) is 3.03. The fourth-order valence-electron chi connectivity index (χ4n) is 1.55. The van der Waals surface area contributed by atoms with E-state index in [2.05, 4.69) is 20.3 Å². The topological polar surface area (TPSA) is 63.8 Å². The van der Waals surface area contributed by atoms with Crippen LogP contribution in [0.15, 0.2) is 16.7 Å². The van der Waals surface area contributed by atoms with Crippen molar-refractivity contribution in [1.29, 1.82) is 0 Å². The molecule has 0 bridgehead atoms. The van der Waals surface area contributed by atoms with E-state index >= 15 is 0 Å². The van der Waals surface area contributed by atoms with Gasteiger partial charge in [0, 0.05) is 17.8 Å². The van der Waals surface area contributed by atoms with Gasteiger partial charge in [-0.1, -0.05) is 6.92 Å². The first-order valence-electron chi connectivity index (χ1n) is 5.67. The van der Waals surface area contributed by atoms with E-state index < -0.39 is 0 Å². The molecular weight excluding hydrogens is 216 g/mol. The van der Waals surface area contributed by atoms with Gasteiger partial charge >= 0.3 is 0 Å². The number of hydrogen-bond acceptors (Lipinski definition) is 5. The molecule has 0 spiro atoms. The van der Waals surface area contributed by atoms with Gasteiger partial charge in [-0.25, -0.2) is 15.0 Å². The summed E-state index contributed by atoms with van der Waals surface area (Å²) in [7, 11) is 0. The second-order valence-electron chi connectivity index (χ2n) is 3.90. The number of oxazole rings is 1. The van der Waals surface area contributed by atoms with Crippen molar-refractivity contribution in [1.82, 2.24) is 15.0 Å². The van der Waals surface area contributed by atoms with Crippen LogP contribution in [-0.4, -0.2) is 15.0 Å². The first-order chi connectivity index (χ1) is 8.17. The summed E-state index contributed by atoms with van der Waals surface area (Å²) in [5.74, 6) is 2.16. The zero-order valence-electron chi connectivity index (χ0n) is 10.3. The van der Waals surface area contributed by atoms with Crippen LogP contribution in [0, 0.1) is 13.8 Å². The summed E-state index contributed by atoms with van der Waals surface area (Å²) in [5, 5.41) is 3.10. The first kappa shape index (κ1) is 11.6. The smallest absolute Gasteiger partial charge is 0.223 e. The minimum Gasteiger partial charge on any atom is -0.444 e. The molecule has 0 saturated heterocycles. The first-order valence-corrected chi connectivity index (χ1v) is 5.67. The summed E-state index contributed by atoms with van der Waals surface area (Å²) in [6.45, 7) is 6.42. The Bertz CT molecular complexity index is 487. The van der Waals surface area contributed by atoms with Gasteiger partial charge in [0.05, 0.1) is 12.7 Å². The Kier molecular flexibility index (Phi) is 3.37. The zero-order chi connectivity index (χ0) is 12.3. The van der Waals surface area contributed by atoms with Crippen molar-refractivity contribution in [2.24, 2.45) is 0 Å². The highest BCUT2D eigenvalue weighted by atomic mass is 16.4. The van der Waals surface area contributed by atoms with E-state index in [0.29, 0.717) is 18.4 Å². The molecule has 0 aliphatic rings. The number of anilines is 1. The maximum atomic E-state index is 5.49. The van der Waals surface area contributed by atoms with Crippen LogP contribution >= 0.6 is 0 Å². The van der Waals surface area contributed by atoms with Crippen LogP contribution in [0.4, 0.5) is 5.95 Å². The monoisotopic (exact) mass is 232 g/mol. The van der Waals surface area contributed by atoms with Crippen molar-refractivity contribution in [2.75, 3.05) is 5.32 Å². The number of nitrogens with zero attached hydrogens (tertiary/aromatic N) is 3. The lowest BCUT2D eigenvalue weighted by Gasteiger charge is -2.04.